The Morgan fingerprint density at radius 1 is 1.61 bits per heavy atom. The second kappa shape index (κ2) is 6.69. The van der Waals surface area contributed by atoms with Gasteiger partial charge in [-0.1, -0.05) is 6.08 Å². The molecule has 2 aromatic heterocycles. The minimum atomic E-state index is -0.587. The van der Waals surface area contributed by atoms with Gasteiger partial charge in [0.25, 0.3) is 0 Å². The Morgan fingerprint density at radius 3 is 3.17 bits per heavy atom. The van der Waals surface area contributed by atoms with Crippen molar-refractivity contribution in [2.75, 3.05) is 11.9 Å². The van der Waals surface area contributed by atoms with Crippen molar-refractivity contribution >= 4 is 45.2 Å². The number of carbonyl (C=O) groups is 1. The van der Waals surface area contributed by atoms with E-state index >= 15 is 0 Å². The van der Waals surface area contributed by atoms with E-state index in [0.29, 0.717) is 23.1 Å². The molecule has 1 atom stereocenters. The van der Waals surface area contributed by atoms with Crippen molar-refractivity contribution in [2.45, 2.75) is 19.4 Å². The molecule has 120 valence electrons. The SMILES string of the molecule is CCOC(=O)c1oc2cnccc2c1NC1CC=C(I)C=C1F. The molecule has 2 aromatic rings. The smallest absolute Gasteiger partial charge is 0.376 e. The summed E-state index contributed by atoms with van der Waals surface area (Å²) in [5.41, 5.74) is 0.878. The maximum atomic E-state index is 14.2. The van der Waals surface area contributed by atoms with Gasteiger partial charge >= 0.3 is 5.97 Å². The van der Waals surface area contributed by atoms with Gasteiger partial charge in [0.15, 0.2) is 5.58 Å². The third kappa shape index (κ3) is 3.24. The number of rotatable bonds is 4. The van der Waals surface area contributed by atoms with Crippen LogP contribution in [0.5, 0.6) is 0 Å². The van der Waals surface area contributed by atoms with Crippen LogP contribution in [-0.2, 0) is 4.74 Å². The van der Waals surface area contributed by atoms with Crippen LogP contribution in [-0.4, -0.2) is 23.6 Å². The topological polar surface area (TPSA) is 64.4 Å². The normalized spacial score (nSPS) is 17.6. The number of anilines is 1. The van der Waals surface area contributed by atoms with Crippen molar-refractivity contribution in [2.24, 2.45) is 0 Å². The molecule has 0 bridgehead atoms. The van der Waals surface area contributed by atoms with Crippen molar-refractivity contribution in [3.05, 3.63) is 45.8 Å². The summed E-state index contributed by atoms with van der Waals surface area (Å²) in [6.45, 7) is 1.94. The fraction of sp³-hybridized carbons (Fsp3) is 0.250. The third-order valence-electron chi connectivity index (χ3n) is 3.43. The number of ether oxygens (including phenoxy) is 1. The van der Waals surface area contributed by atoms with Gasteiger partial charge in [-0.05, 0) is 48.1 Å². The number of pyridine rings is 1. The van der Waals surface area contributed by atoms with Gasteiger partial charge in [0.05, 0.1) is 24.5 Å². The van der Waals surface area contributed by atoms with Crippen LogP contribution in [0, 0.1) is 0 Å². The van der Waals surface area contributed by atoms with Crippen molar-refractivity contribution < 1.29 is 18.3 Å². The third-order valence-corrected chi connectivity index (χ3v) is 4.18. The quantitative estimate of drug-likeness (QED) is 0.579. The second-order valence-corrected chi connectivity index (χ2v) is 6.19. The zero-order chi connectivity index (χ0) is 16.4. The Hall–Kier alpha value is -1.90. The average Bonchev–Trinajstić information content (AvgIpc) is 2.89. The molecule has 0 aromatic carbocycles. The molecular weight excluding hydrogens is 414 g/mol. The predicted molar refractivity (Wildman–Crippen MR) is 93.3 cm³/mol. The number of hydrogen-bond acceptors (Lipinski definition) is 5. The van der Waals surface area contributed by atoms with E-state index in [1.807, 2.05) is 6.08 Å². The van der Waals surface area contributed by atoms with Gasteiger partial charge in [-0.2, -0.15) is 0 Å². The molecule has 2 heterocycles. The highest BCUT2D eigenvalue weighted by atomic mass is 127. The number of hydrogen-bond donors (Lipinski definition) is 1. The van der Waals surface area contributed by atoms with Crippen molar-refractivity contribution in [1.82, 2.24) is 4.98 Å². The molecule has 0 spiro atoms. The summed E-state index contributed by atoms with van der Waals surface area (Å²) in [5.74, 6) is -0.835. The Kier molecular flexibility index (Phi) is 4.65. The molecule has 23 heavy (non-hydrogen) atoms. The first kappa shape index (κ1) is 16.0. The molecule has 1 unspecified atom stereocenters. The van der Waals surface area contributed by atoms with E-state index in [0.717, 1.165) is 3.58 Å². The Balaban J connectivity index is 2.00. The van der Waals surface area contributed by atoms with E-state index in [4.69, 9.17) is 9.15 Å². The summed E-state index contributed by atoms with van der Waals surface area (Å²) in [5, 5.41) is 3.74. The highest BCUT2D eigenvalue weighted by Crippen LogP contribution is 2.34. The lowest BCUT2D eigenvalue weighted by Gasteiger charge is -2.19. The molecule has 1 aliphatic carbocycles. The number of aromatic nitrogens is 1. The molecule has 7 heteroatoms. The molecule has 0 amide bonds. The van der Waals surface area contributed by atoms with Crippen LogP contribution in [0.15, 0.2) is 44.4 Å². The number of allylic oxidation sites excluding steroid dienone is 2. The molecule has 1 N–H and O–H groups in total. The lowest BCUT2D eigenvalue weighted by Crippen LogP contribution is -2.22. The minimum Gasteiger partial charge on any atom is -0.460 e. The molecular formula is C16H14FIN2O3. The van der Waals surface area contributed by atoms with E-state index in [2.05, 4.69) is 32.9 Å². The molecule has 0 saturated carbocycles. The monoisotopic (exact) mass is 428 g/mol. The van der Waals surface area contributed by atoms with Gasteiger partial charge in [0, 0.05) is 15.2 Å². The van der Waals surface area contributed by atoms with Crippen LogP contribution in [0.25, 0.3) is 11.0 Å². The van der Waals surface area contributed by atoms with Gasteiger partial charge < -0.3 is 14.5 Å². The second-order valence-electron chi connectivity index (χ2n) is 4.95. The number of nitrogens with one attached hydrogen (secondary N) is 1. The predicted octanol–water partition coefficient (Wildman–Crippen LogP) is 4.36. The van der Waals surface area contributed by atoms with E-state index in [1.54, 1.807) is 19.2 Å². The van der Waals surface area contributed by atoms with Gasteiger partial charge in [-0.25, -0.2) is 9.18 Å². The summed E-state index contributed by atoms with van der Waals surface area (Å²) < 4.78 is 25.6. The van der Waals surface area contributed by atoms with Crippen LogP contribution < -0.4 is 5.32 Å². The summed E-state index contributed by atoms with van der Waals surface area (Å²) >= 11 is 2.07. The molecule has 3 rings (SSSR count). The van der Waals surface area contributed by atoms with Crippen LogP contribution in [0.3, 0.4) is 0 Å². The Labute approximate surface area is 145 Å². The molecule has 0 radical (unpaired) electrons. The highest BCUT2D eigenvalue weighted by molar-refractivity contribution is 14.1. The summed E-state index contributed by atoms with van der Waals surface area (Å²) in [6.07, 6.45) is 6.98. The summed E-state index contributed by atoms with van der Waals surface area (Å²) in [4.78, 5) is 16.1. The molecule has 0 aliphatic heterocycles. The average molecular weight is 428 g/mol. The van der Waals surface area contributed by atoms with E-state index in [1.165, 1.54) is 12.3 Å². The Morgan fingerprint density at radius 2 is 2.43 bits per heavy atom. The molecule has 5 nitrogen and oxygen atoms in total. The lowest BCUT2D eigenvalue weighted by atomic mass is 10.1. The number of fused-ring (bicyclic) bond motifs is 1. The molecule has 1 aliphatic rings. The molecule has 0 fully saturated rings. The van der Waals surface area contributed by atoms with Crippen LogP contribution in [0.4, 0.5) is 10.1 Å². The first-order valence-corrected chi connectivity index (χ1v) is 8.21. The first-order chi connectivity index (χ1) is 11.1. The lowest BCUT2D eigenvalue weighted by molar-refractivity contribution is 0.0494. The van der Waals surface area contributed by atoms with E-state index < -0.39 is 12.0 Å². The summed E-state index contributed by atoms with van der Waals surface area (Å²) in [6, 6.07) is 1.17. The zero-order valence-electron chi connectivity index (χ0n) is 12.3. The zero-order valence-corrected chi connectivity index (χ0v) is 14.5. The first-order valence-electron chi connectivity index (χ1n) is 7.13. The minimum absolute atomic E-state index is 0.0342. The Bertz CT molecular complexity index is 813. The number of furan rings is 1. The van der Waals surface area contributed by atoms with E-state index in [-0.39, 0.29) is 18.2 Å². The van der Waals surface area contributed by atoms with Crippen molar-refractivity contribution in [1.29, 1.82) is 0 Å². The van der Waals surface area contributed by atoms with Gasteiger partial charge in [0.2, 0.25) is 5.76 Å². The van der Waals surface area contributed by atoms with E-state index in [9.17, 15) is 9.18 Å². The fourth-order valence-corrected chi connectivity index (χ4v) is 2.92. The number of nitrogens with zero attached hydrogens (tertiary/aromatic N) is 1. The van der Waals surface area contributed by atoms with Crippen LogP contribution >= 0.6 is 22.6 Å². The van der Waals surface area contributed by atoms with Gasteiger partial charge in [-0.15, -0.1) is 0 Å². The van der Waals surface area contributed by atoms with Crippen LogP contribution in [0.1, 0.15) is 23.9 Å². The van der Waals surface area contributed by atoms with Gasteiger partial charge in [0.1, 0.15) is 5.83 Å². The van der Waals surface area contributed by atoms with Crippen LogP contribution in [0.2, 0.25) is 0 Å². The maximum Gasteiger partial charge on any atom is 0.376 e. The standard InChI is InChI=1S/C16H14FIN2O3/c1-2-22-16(21)15-14(10-5-6-19-8-13(10)23-15)20-12-4-3-9(18)7-11(12)17/h3,5-8,12,20H,2,4H2,1H3. The number of esters is 1. The number of halogens is 2. The van der Waals surface area contributed by atoms with Crippen molar-refractivity contribution in [3.8, 4) is 0 Å². The molecule has 0 saturated heterocycles. The summed E-state index contributed by atoms with van der Waals surface area (Å²) in [7, 11) is 0. The largest absolute Gasteiger partial charge is 0.460 e. The van der Waals surface area contributed by atoms with Crippen molar-refractivity contribution in [3.63, 3.8) is 0 Å². The van der Waals surface area contributed by atoms with Gasteiger partial charge in [-0.3, -0.25) is 4.98 Å². The maximum absolute atomic E-state index is 14.2. The number of carbonyl (C=O) groups excluding carboxylic acids is 1. The highest BCUT2D eigenvalue weighted by Gasteiger charge is 2.26. The fourth-order valence-electron chi connectivity index (χ4n) is 2.37.